The Morgan fingerprint density at radius 1 is 1.19 bits per heavy atom. The molecule has 1 N–H and O–H groups in total. The summed E-state index contributed by atoms with van der Waals surface area (Å²) in [7, 11) is 0. The summed E-state index contributed by atoms with van der Waals surface area (Å²) in [5.41, 5.74) is 2.84. The summed E-state index contributed by atoms with van der Waals surface area (Å²) in [6, 6.07) is 13.5. The number of rotatable bonds is 4. The van der Waals surface area contributed by atoms with Crippen LogP contribution in [0.3, 0.4) is 0 Å². The Morgan fingerprint density at radius 3 is 2.85 bits per heavy atom. The molecule has 26 heavy (non-hydrogen) atoms. The second kappa shape index (κ2) is 7.68. The number of ether oxygens (including phenoxy) is 1. The highest BCUT2D eigenvalue weighted by Crippen LogP contribution is 2.37. The molecule has 136 valence electrons. The van der Waals surface area contributed by atoms with Crippen LogP contribution in [0.4, 0.5) is 0 Å². The lowest BCUT2D eigenvalue weighted by Crippen LogP contribution is -2.32. The maximum atomic E-state index is 12.8. The number of likely N-dealkylation sites (tertiary alicyclic amines) is 1. The van der Waals surface area contributed by atoms with Gasteiger partial charge < -0.3 is 10.1 Å². The fourth-order valence-electron chi connectivity index (χ4n) is 3.79. The van der Waals surface area contributed by atoms with Gasteiger partial charge in [-0.05, 0) is 49.7 Å². The molecule has 4 rings (SSSR count). The number of fused-ring (bicyclic) bond motifs is 1. The van der Waals surface area contributed by atoms with Crippen molar-refractivity contribution in [2.45, 2.75) is 31.8 Å². The van der Waals surface area contributed by atoms with Gasteiger partial charge in [-0.3, -0.25) is 9.69 Å². The van der Waals surface area contributed by atoms with Gasteiger partial charge >= 0.3 is 0 Å². The molecule has 2 aromatic rings. The van der Waals surface area contributed by atoms with Gasteiger partial charge in [0.2, 0.25) is 0 Å². The average Bonchev–Trinajstić information content (AvgIpc) is 3.16. The first-order valence-electron chi connectivity index (χ1n) is 9.24. The molecule has 1 amide bonds. The Morgan fingerprint density at radius 2 is 2.00 bits per heavy atom. The van der Waals surface area contributed by atoms with E-state index in [9.17, 15) is 4.79 Å². The minimum absolute atomic E-state index is 0.0499. The van der Waals surface area contributed by atoms with Crippen LogP contribution >= 0.6 is 11.6 Å². The molecule has 5 heteroatoms. The molecule has 2 heterocycles. The van der Waals surface area contributed by atoms with Gasteiger partial charge in [0, 0.05) is 24.1 Å². The van der Waals surface area contributed by atoms with E-state index in [1.807, 2.05) is 36.4 Å². The minimum Gasteiger partial charge on any atom is -0.492 e. The van der Waals surface area contributed by atoms with Gasteiger partial charge in [0.1, 0.15) is 5.75 Å². The van der Waals surface area contributed by atoms with E-state index in [0.29, 0.717) is 22.9 Å². The van der Waals surface area contributed by atoms with Crippen LogP contribution in [0.25, 0.3) is 0 Å². The zero-order valence-corrected chi connectivity index (χ0v) is 15.5. The minimum atomic E-state index is -0.0767. The van der Waals surface area contributed by atoms with Gasteiger partial charge in [-0.15, -0.1) is 0 Å². The third-order valence-electron chi connectivity index (χ3n) is 5.13. The molecular formula is C21H23ClN2O2. The fourth-order valence-corrected chi connectivity index (χ4v) is 4.02. The molecule has 0 spiro atoms. The second-order valence-corrected chi connectivity index (χ2v) is 7.41. The van der Waals surface area contributed by atoms with E-state index in [1.54, 1.807) is 0 Å². The quantitative estimate of drug-likeness (QED) is 0.877. The number of hydrogen-bond donors (Lipinski definition) is 1. The molecule has 1 saturated heterocycles. The first-order valence-corrected chi connectivity index (χ1v) is 9.62. The Kier molecular flexibility index (Phi) is 5.14. The van der Waals surface area contributed by atoms with Gasteiger partial charge in [0.05, 0.1) is 17.7 Å². The van der Waals surface area contributed by atoms with Crippen molar-refractivity contribution in [3.05, 3.63) is 64.2 Å². The van der Waals surface area contributed by atoms with Crippen molar-refractivity contribution >= 4 is 17.5 Å². The summed E-state index contributed by atoms with van der Waals surface area (Å²) >= 11 is 6.22. The molecule has 4 nitrogen and oxygen atoms in total. The van der Waals surface area contributed by atoms with Crippen LogP contribution in [-0.4, -0.2) is 30.5 Å². The molecule has 2 aliphatic rings. The van der Waals surface area contributed by atoms with Crippen LogP contribution in [-0.2, 0) is 6.54 Å². The normalized spacial score (nSPS) is 19.7. The standard InChI is InChI=1S/C21H23ClN2O2/c22-18-8-4-7-17-19(9-12-26-20(17)18)23-21(25)16-6-3-5-15(13-16)14-24-10-1-2-11-24/h3-8,13,19H,1-2,9-12,14H2,(H,23,25)/t19-/m0/s1. The fraction of sp³-hybridized carbons (Fsp3) is 0.381. The van der Waals surface area contributed by atoms with Crippen LogP contribution in [0.5, 0.6) is 5.75 Å². The predicted octanol–water partition coefficient (Wildman–Crippen LogP) is 4.19. The Hall–Kier alpha value is -2.04. The lowest BCUT2D eigenvalue weighted by molar-refractivity contribution is 0.0924. The Bertz CT molecular complexity index is 802. The van der Waals surface area contributed by atoms with E-state index in [0.717, 1.165) is 31.6 Å². The van der Waals surface area contributed by atoms with Crippen molar-refractivity contribution in [3.63, 3.8) is 0 Å². The summed E-state index contributed by atoms with van der Waals surface area (Å²) in [4.78, 5) is 15.2. The molecule has 2 aromatic carbocycles. The molecule has 0 aliphatic carbocycles. The van der Waals surface area contributed by atoms with Gasteiger partial charge in [0.15, 0.2) is 0 Å². The van der Waals surface area contributed by atoms with Crippen LogP contribution in [0.15, 0.2) is 42.5 Å². The summed E-state index contributed by atoms with van der Waals surface area (Å²) in [5.74, 6) is 0.639. The molecule has 1 atom stereocenters. The molecule has 0 bridgehead atoms. The predicted molar refractivity (Wildman–Crippen MR) is 103 cm³/mol. The topological polar surface area (TPSA) is 41.6 Å². The summed E-state index contributed by atoms with van der Waals surface area (Å²) < 4.78 is 5.68. The lowest BCUT2D eigenvalue weighted by atomic mass is 10.00. The number of carbonyl (C=O) groups excluding carboxylic acids is 1. The van der Waals surface area contributed by atoms with E-state index in [4.69, 9.17) is 16.3 Å². The van der Waals surface area contributed by atoms with Crippen molar-refractivity contribution in [1.82, 2.24) is 10.2 Å². The van der Waals surface area contributed by atoms with Gasteiger partial charge in [-0.25, -0.2) is 0 Å². The number of para-hydroxylation sites is 1. The Balaban J connectivity index is 1.48. The molecule has 0 unspecified atom stereocenters. The average molecular weight is 371 g/mol. The third kappa shape index (κ3) is 3.71. The number of amides is 1. The summed E-state index contributed by atoms with van der Waals surface area (Å²) in [5, 5.41) is 3.74. The number of nitrogens with zero attached hydrogens (tertiary/aromatic N) is 1. The monoisotopic (exact) mass is 370 g/mol. The number of hydrogen-bond acceptors (Lipinski definition) is 3. The van der Waals surface area contributed by atoms with Crippen molar-refractivity contribution in [2.24, 2.45) is 0 Å². The lowest BCUT2D eigenvalue weighted by Gasteiger charge is -2.27. The van der Waals surface area contributed by atoms with Gasteiger partial charge in [-0.1, -0.05) is 35.9 Å². The van der Waals surface area contributed by atoms with Gasteiger partial charge in [0.25, 0.3) is 5.91 Å². The van der Waals surface area contributed by atoms with Crippen LogP contribution < -0.4 is 10.1 Å². The van der Waals surface area contributed by atoms with E-state index in [2.05, 4.69) is 16.3 Å². The smallest absolute Gasteiger partial charge is 0.251 e. The molecule has 0 saturated carbocycles. The largest absolute Gasteiger partial charge is 0.492 e. The number of halogens is 1. The highest BCUT2D eigenvalue weighted by atomic mass is 35.5. The van der Waals surface area contributed by atoms with Crippen molar-refractivity contribution in [3.8, 4) is 5.75 Å². The highest BCUT2D eigenvalue weighted by molar-refractivity contribution is 6.32. The summed E-state index contributed by atoms with van der Waals surface area (Å²) in [6.07, 6.45) is 3.28. The van der Waals surface area contributed by atoms with E-state index < -0.39 is 0 Å². The SMILES string of the molecule is O=C(N[C@H]1CCOc2c(Cl)cccc21)c1cccc(CN2CCCC2)c1. The highest BCUT2D eigenvalue weighted by Gasteiger charge is 2.25. The third-order valence-corrected chi connectivity index (χ3v) is 5.42. The molecule has 1 fully saturated rings. The number of benzene rings is 2. The van der Waals surface area contributed by atoms with Crippen molar-refractivity contribution < 1.29 is 9.53 Å². The number of nitrogens with one attached hydrogen (secondary N) is 1. The zero-order chi connectivity index (χ0) is 17.9. The van der Waals surface area contributed by atoms with Crippen molar-refractivity contribution in [2.75, 3.05) is 19.7 Å². The van der Waals surface area contributed by atoms with Crippen LogP contribution in [0, 0.1) is 0 Å². The van der Waals surface area contributed by atoms with E-state index >= 15 is 0 Å². The van der Waals surface area contributed by atoms with Crippen LogP contribution in [0.1, 0.15) is 46.8 Å². The molecule has 0 aromatic heterocycles. The van der Waals surface area contributed by atoms with E-state index in [1.165, 1.54) is 18.4 Å². The van der Waals surface area contributed by atoms with Crippen LogP contribution in [0.2, 0.25) is 5.02 Å². The zero-order valence-electron chi connectivity index (χ0n) is 14.7. The van der Waals surface area contributed by atoms with Gasteiger partial charge in [-0.2, -0.15) is 0 Å². The maximum Gasteiger partial charge on any atom is 0.251 e. The first kappa shape index (κ1) is 17.4. The number of carbonyl (C=O) groups is 1. The maximum absolute atomic E-state index is 12.8. The Labute approximate surface area is 159 Å². The summed E-state index contributed by atoms with van der Waals surface area (Å²) in [6.45, 7) is 3.76. The molecule has 0 radical (unpaired) electrons. The second-order valence-electron chi connectivity index (χ2n) is 7.01. The first-order chi connectivity index (χ1) is 12.7. The molecular weight excluding hydrogens is 348 g/mol. The van der Waals surface area contributed by atoms with Crippen molar-refractivity contribution in [1.29, 1.82) is 0 Å². The van der Waals surface area contributed by atoms with E-state index in [-0.39, 0.29) is 11.9 Å². The molecule has 2 aliphatic heterocycles.